The van der Waals surface area contributed by atoms with Gasteiger partial charge in [-0.1, -0.05) is 30.3 Å². The van der Waals surface area contributed by atoms with Gasteiger partial charge in [0, 0.05) is 55.2 Å². The first-order valence-electron chi connectivity index (χ1n) is 11.2. The summed E-state index contributed by atoms with van der Waals surface area (Å²) in [5.41, 5.74) is 3.54. The lowest BCUT2D eigenvalue weighted by Crippen LogP contribution is -2.36. The molecule has 2 heterocycles. The van der Waals surface area contributed by atoms with Gasteiger partial charge in [0.25, 0.3) is 0 Å². The molecule has 1 aliphatic carbocycles. The minimum atomic E-state index is 0.419. The minimum absolute atomic E-state index is 0.419. The standard InChI is InChI=1S/C25H30N6/c1-31(2)24-21-8-4-6-10-23(21)29-25(30-24)28-19-13-11-18(12-14-19)26-15-17-16-27-22-9-5-3-7-20(17)22/h3-10,16,18-19,26-27H,11-15H2,1-2H3,(H,28,29,30)/t18-,19+. The van der Waals surface area contributed by atoms with Crippen molar-refractivity contribution in [3.8, 4) is 0 Å². The van der Waals surface area contributed by atoms with Crippen LogP contribution in [0.2, 0.25) is 0 Å². The number of benzene rings is 2. The van der Waals surface area contributed by atoms with Crippen LogP contribution in [0, 0.1) is 0 Å². The largest absolute Gasteiger partial charge is 0.362 e. The van der Waals surface area contributed by atoms with Gasteiger partial charge in [-0.15, -0.1) is 0 Å². The van der Waals surface area contributed by atoms with Crippen LogP contribution in [0.1, 0.15) is 31.2 Å². The van der Waals surface area contributed by atoms with Gasteiger partial charge in [-0.3, -0.25) is 0 Å². The average Bonchev–Trinajstić information content (AvgIpc) is 3.21. The molecule has 160 valence electrons. The predicted octanol–water partition coefficient (Wildman–Crippen LogP) is 4.69. The SMILES string of the molecule is CN(C)c1nc(N[C@H]2CC[C@@H](NCc3c[nH]c4ccccc34)CC2)nc2ccccc12. The van der Waals surface area contributed by atoms with Crippen LogP contribution in [0.25, 0.3) is 21.8 Å². The highest BCUT2D eigenvalue weighted by molar-refractivity contribution is 5.90. The fourth-order valence-electron chi connectivity index (χ4n) is 4.62. The van der Waals surface area contributed by atoms with E-state index in [0.29, 0.717) is 12.1 Å². The number of aromatic amines is 1. The van der Waals surface area contributed by atoms with E-state index in [1.54, 1.807) is 0 Å². The topological polar surface area (TPSA) is 68.9 Å². The van der Waals surface area contributed by atoms with Crippen LogP contribution in [-0.2, 0) is 6.54 Å². The van der Waals surface area contributed by atoms with Gasteiger partial charge < -0.3 is 20.5 Å². The maximum Gasteiger partial charge on any atom is 0.225 e. The number of H-pyrrole nitrogens is 1. The van der Waals surface area contributed by atoms with Gasteiger partial charge in [-0.05, 0) is 49.4 Å². The van der Waals surface area contributed by atoms with Crippen molar-refractivity contribution in [2.75, 3.05) is 24.3 Å². The molecule has 6 heteroatoms. The Morgan fingerprint density at radius 1 is 0.903 bits per heavy atom. The van der Waals surface area contributed by atoms with Crippen molar-refractivity contribution >= 4 is 33.6 Å². The predicted molar refractivity (Wildman–Crippen MR) is 129 cm³/mol. The van der Waals surface area contributed by atoms with E-state index in [9.17, 15) is 0 Å². The number of nitrogens with one attached hydrogen (secondary N) is 3. The first-order valence-corrected chi connectivity index (χ1v) is 11.2. The molecule has 4 aromatic rings. The number of rotatable bonds is 6. The van der Waals surface area contributed by atoms with E-state index in [1.165, 1.54) is 16.5 Å². The Hall–Kier alpha value is -3.12. The van der Waals surface area contributed by atoms with E-state index in [-0.39, 0.29) is 0 Å². The van der Waals surface area contributed by atoms with E-state index < -0.39 is 0 Å². The van der Waals surface area contributed by atoms with Crippen molar-refractivity contribution < 1.29 is 0 Å². The zero-order valence-electron chi connectivity index (χ0n) is 18.2. The summed E-state index contributed by atoms with van der Waals surface area (Å²) in [7, 11) is 4.06. The zero-order valence-corrected chi connectivity index (χ0v) is 18.2. The summed E-state index contributed by atoms with van der Waals surface area (Å²) < 4.78 is 0. The molecular formula is C25H30N6. The Labute approximate surface area is 183 Å². The highest BCUT2D eigenvalue weighted by atomic mass is 15.2. The van der Waals surface area contributed by atoms with Crippen LogP contribution in [0.5, 0.6) is 0 Å². The van der Waals surface area contributed by atoms with E-state index >= 15 is 0 Å². The zero-order chi connectivity index (χ0) is 21.2. The van der Waals surface area contributed by atoms with E-state index in [4.69, 9.17) is 9.97 Å². The Morgan fingerprint density at radius 2 is 1.61 bits per heavy atom. The second kappa shape index (κ2) is 8.55. The molecule has 0 amide bonds. The lowest BCUT2D eigenvalue weighted by molar-refractivity contribution is 0.352. The van der Waals surface area contributed by atoms with Crippen molar-refractivity contribution in [3.63, 3.8) is 0 Å². The van der Waals surface area contributed by atoms with Gasteiger partial charge >= 0.3 is 0 Å². The quantitative estimate of drug-likeness (QED) is 0.427. The van der Waals surface area contributed by atoms with Crippen LogP contribution in [0.4, 0.5) is 11.8 Å². The molecule has 0 saturated heterocycles. The van der Waals surface area contributed by atoms with Crippen LogP contribution in [0.15, 0.2) is 54.7 Å². The highest BCUT2D eigenvalue weighted by Gasteiger charge is 2.22. The fourth-order valence-corrected chi connectivity index (χ4v) is 4.62. The van der Waals surface area contributed by atoms with Gasteiger partial charge in [-0.25, -0.2) is 4.98 Å². The first-order chi connectivity index (χ1) is 15.2. The fraction of sp³-hybridized carbons (Fsp3) is 0.360. The normalized spacial score (nSPS) is 19.0. The smallest absolute Gasteiger partial charge is 0.225 e. The molecular weight excluding hydrogens is 384 g/mol. The minimum Gasteiger partial charge on any atom is -0.362 e. The maximum absolute atomic E-state index is 4.80. The average molecular weight is 415 g/mol. The maximum atomic E-state index is 4.80. The van der Waals surface area contributed by atoms with Crippen molar-refractivity contribution in [1.29, 1.82) is 0 Å². The van der Waals surface area contributed by atoms with Crippen molar-refractivity contribution in [3.05, 3.63) is 60.3 Å². The molecule has 0 unspecified atom stereocenters. The van der Waals surface area contributed by atoms with Crippen LogP contribution in [0.3, 0.4) is 0 Å². The number of anilines is 2. The van der Waals surface area contributed by atoms with Crippen molar-refractivity contribution in [2.24, 2.45) is 0 Å². The van der Waals surface area contributed by atoms with Gasteiger partial charge in [0.15, 0.2) is 0 Å². The number of fused-ring (bicyclic) bond motifs is 2. The van der Waals surface area contributed by atoms with E-state index in [0.717, 1.165) is 54.9 Å². The number of para-hydroxylation sites is 2. The summed E-state index contributed by atoms with van der Waals surface area (Å²) in [5.74, 6) is 1.69. The number of hydrogen-bond acceptors (Lipinski definition) is 5. The van der Waals surface area contributed by atoms with Crippen LogP contribution >= 0.6 is 0 Å². The molecule has 31 heavy (non-hydrogen) atoms. The molecule has 1 saturated carbocycles. The van der Waals surface area contributed by atoms with Gasteiger partial charge in [0.2, 0.25) is 5.95 Å². The molecule has 6 nitrogen and oxygen atoms in total. The second-order valence-corrected chi connectivity index (χ2v) is 8.72. The summed E-state index contributed by atoms with van der Waals surface area (Å²) in [5, 5.41) is 9.77. The molecule has 1 fully saturated rings. The summed E-state index contributed by atoms with van der Waals surface area (Å²) in [6.45, 7) is 0.909. The van der Waals surface area contributed by atoms with Gasteiger partial charge in [0.1, 0.15) is 5.82 Å². The van der Waals surface area contributed by atoms with Crippen molar-refractivity contribution in [2.45, 2.75) is 44.3 Å². The third kappa shape index (κ3) is 4.21. The second-order valence-electron chi connectivity index (χ2n) is 8.72. The summed E-state index contributed by atoms with van der Waals surface area (Å²) >= 11 is 0. The number of hydrogen-bond donors (Lipinski definition) is 3. The Morgan fingerprint density at radius 3 is 2.42 bits per heavy atom. The summed E-state index contributed by atoms with van der Waals surface area (Å²) in [6, 6.07) is 17.7. The molecule has 0 atom stereocenters. The van der Waals surface area contributed by atoms with Crippen molar-refractivity contribution in [1.82, 2.24) is 20.3 Å². The molecule has 0 aliphatic heterocycles. The van der Waals surface area contributed by atoms with Crippen LogP contribution < -0.4 is 15.5 Å². The number of nitrogens with zero attached hydrogens (tertiary/aromatic N) is 3. The monoisotopic (exact) mass is 414 g/mol. The molecule has 2 aromatic heterocycles. The lowest BCUT2D eigenvalue weighted by Gasteiger charge is -2.30. The Kier molecular flexibility index (Phi) is 5.47. The highest BCUT2D eigenvalue weighted by Crippen LogP contribution is 2.26. The summed E-state index contributed by atoms with van der Waals surface area (Å²) in [6.07, 6.45) is 6.70. The number of aromatic nitrogens is 3. The van der Waals surface area contributed by atoms with Crippen LogP contribution in [-0.4, -0.2) is 41.1 Å². The molecule has 0 radical (unpaired) electrons. The third-order valence-corrected chi connectivity index (χ3v) is 6.32. The molecule has 0 spiro atoms. The first kappa shape index (κ1) is 19.8. The lowest BCUT2D eigenvalue weighted by atomic mass is 9.91. The Bertz CT molecular complexity index is 1170. The Balaban J connectivity index is 1.19. The molecule has 5 rings (SSSR count). The molecule has 0 bridgehead atoms. The van der Waals surface area contributed by atoms with Gasteiger partial charge in [0.05, 0.1) is 5.52 Å². The van der Waals surface area contributed by atoms with E-state index in [1.807, 2.05) is 26.2 Å². The third-order valence-electron chi connectivity index (χ3n) is 6.32. The molecule has 1 aliphatic rings. The van der Waals surface area contributed by atoms with Gasteiger partial charge in [-0.2, -0.15) is 4.98 Å². The van der Waals surface area contributed by atoms with E-state index in [2.05, 4.69) is 63.1 Å². The molecule has 2 aromatic carbocycles. The summed E-state index contributed by atoms with van der Waals surface area (Å²) in [4.78, 5) is 15.0. The molecule has 3 N–H and O–H groups in total.